The number of carbonyl (C=O) groups excluding carboxylic acids is 1. The fourth-order valence-corrected chi connectivity index (χ4v) is 1.73. The summed E-state index contributed by atoms with van der Waals surface area (Å²) in [5, 5.41) is 29.0. The quantitative estimate of drug-likeness (QED) is 0.411. The lowest BCUT2D eigenvalue weighted by atomic mass is 9.86. The van der Waals surface area contributed by atoms with Crippen LogP contribution in [0.3, 0.4) is 0 Å². The third kappa shape index (κ3) is 9.27. The molecule has 0 rings (SSSR count). The van der Waals surface area contributed by atoms with Gasteiger partial charge in [-0.25, -0.2) is 0 Å². The van der Waals surface area contributed by atoms with E-state index in [0.29, 0.717) is 6.42 Å². The average Bonchev–Trinajstić information content (AvgIpc) is 2.21. The summed E-state index contributed by atoms with van der Waals surface area (Å²) in [6, 6.07) is 0. The van der Waals surface area contributed by atoms with Gasteiger partial charge in [-0.3, -0.25) is 4.79 Å². The van der Waals surface area contributed by atoms with E-state index in [1.165, 1.54) is 0 Å². The first-order valence-corrected chi connectivity index (χ1v) is 6.92. The van der Waals surface area contributed by atoms with Gasteiger partial charge in [-0.15, -0.1) is 0 Å². The maximum absolute atomic E-state index is 11.3. The number of thiol groups is 1. The Morgan fingerprint density at radius 2 is 1.74 bits per heavy atom. The van der Waals surface area contributed by atoms with Crippen LogP contribution < -0.4 is 0 Å². The SMILES string of the molecule is CC(S)CC(=O)OC[C@@H](O)[C@@H](O)C(O)CC(C)(C)C. The highest BCUT2D eigenvalue weighted by atomic mass is 32.1. The monoisotopic (exact) mass is 294 g/mol. The molecule has 0 aliphatic carbocycles. The van der Waals surface area contributed by atoms with Gasteiger partial charge in [-0.05, 0) is 11.8 Å². The second-order valence-corrected chi connectivity index (χ2v) is 7.01. The first kappa shape index (κ1) is 18.7. The molecule has 19 heavy (non-hydrogen) atoms. The molecule has 114 valence electrons. The Kier molecular flexibility index (Phi) is 7.96. The van der Waals surface area contributed by atoms with Crippen molar-refractivity contribution in [2.75, 3.05) is 6.61 Å². The predicted octanol–water partition coefficient (Wildman–Crippen LogP) is 0.757. The molecule has 0 aliphatic heterocycles. The van der Waals surface area contributed by atoms with Crippen molar-refractivity contribution in [2.45, 2.75) is 64.1 Å². The van der Waals surface area contributed by atoms with Gasteiger partial charge in [0.2, 0.25) is 0 Å². The molecule has 0 spiro atoms. The van der Waals surface area contributed by atoms with Crippen LogP contribution in [0.2, 0.25) is 0 Å². The maximum Gasteiger partial charge on any atom is 0.306 e. The van der Waals surface area contributed by atoms with E-state index in [1.807, 2.05) is 20.8 Å². The minimum Gasteiger partial charge on any atom is -0.463 e. The van der Waals surface area contributed by atoms with Gasteiger partial charge in [0.25, 0.3) is 0 Å². The molecular formula is C13H26O5S. The Morgan fingerprint density at radius 1 is 1.21 bits per heavy atom. The molecule has 0 aromatic heterocycles. The zero-order chi connectivity index (χ0) is 15.2. The molecule has 0 aromatic rings. The molecular weight excluding hydrogens is 268 g/mol. The topological polar surface area (TPSA) is 87.0 Å². The molecule has 0 fully saturated rings. The molecule has 0 saturated carbocycles. The number of rotatable bonds is 7. The molecule has 0 radical (unpaired) electrons. The van der Waals surface area contributed by atoms with Crippen molar-refractivity contribution in [1.82, 2.24) is 0 Å². The fourth-order valence-electron chi connectivity index (χ4n) is 1.58. The van der Waals surface area contributed by atoms with Crippen LogP contribution in [0.1, 0.15) is 40.5 Å². The van der Waals surface area contributed by atoms with Gasteiger partial charge in [0.1, 0.15) is 18.8 Å². The molecule has 0 heterocycles. The Labute approximate surface area is 120 Å². The Balaban J connectivity index is 4.12. The lowest BCUT2D eigenvalue weighted by Crippen LogP contribution is -2.42. The molecule has 0 bridgehead atoms. The van der Waals surface area contributed by atoms with Crippen LogP contribution in [0.25, 0.3) is 0 Å². The summed E-state index contributed by atoms with van der Waals surface area (Å²) in [5.41, 5.74) is -0.168. The number of ether oxygens (including phenoxy) is 1. The van der Waals surface area contributed by atoms with Crippen molar-refractivity contribution in [2.24, 2.45) is 5.41 Å². The van der Waals surface area contributed by atoms with Gasteiger partial charge in [0, 0.05) is 5.25 Å². The van der Waals surface area contributed by atoms with Crippen molar-refractivity contribution in [1.29, 1.82) is 0 Å². The summed E-state index contributed by atoms with van der Waals surface area (Å²) in [7, 11) is 0. The van der Waals surface area contributed by atoms with Gasteiger partial charge in [0.05, 0.1) is 12.5 Å². The lowest BCUT2D eigenvalue weighted by molar-refractivity contribution is -0.152. The number of aliphatic hydroxyl groups excluding tert-OH is 3. The molecule has 5 nitrogen and oxygen atoms in total. The Morgan fingerprint density at radius 3 is 2.16 bits per heavy atom. The van der Waals surface area contributed by atoms with Gasteiger partial charge in [-0.1, -0.05) is 27.7 Å². The summed E-state index contributed by atoms with van der Waals surface area (Å²) in [6.45, 7) is 7.18. The highest BCUT2D eigenvalue weighted by Crippen LogP contribution is 2.23. The number of hydrogen-bond donors (Lipinski definition) is 4. The van der Waals surface area contributed by atoms with Crippen LogP contribution in [0.5, 0.6) is 0 Å². The Hall–Kier alpha value is -0.300. The van der Waals surface area contributed by atoms with E-state index < -0.39 is 24.3 Å². The van der Waals surface area contributed by atoms with Crippen molar-refractivity contribution >= 4 is 18.6 Å². The van der Waals surface area contributed by atoms with Crippen LogP contribution in [0.4, 0.5) is 0 Å². The van der Waals surface area contributed by atoms with E-state index in [2.05, 4.69) is 12.6 Å². The van der Waals surface area contributed by atoms with Crippen molar-refractivity contribution < 1.29 is 24.9 Å². The summed E-state index contributed by atoms with van der Waals surface area (Å²) in [4.78, 5) is 11.3. The highest BCUT2D eigenvalue weighted by Gasteiger charge is 2.29. The number of carbonyl (C=O) groups is 1. The number of hydrogen-bond acceptors (Lipinski definition) is 6. The molecule has 0 amide bonds. The average molecular weight is 294 g/mol. The lowest BCUT2D eigenvalue weighted by Gasteiger charge is -2.28. The van der Waals surface area contributed by atoms with Crippen LogP contribution in [0, 0.1) is 5.41 Å². The van der Waals surface area contributed by atoms with Crippen LogP contribution in [0.15, 0.2) is 0 Å². The van der Waals surface area contributed by atoms with Gasteiger partial charge < -0.3 is 20.1 Å². The van der Waals surface area contributed by atoms with Crippen LogP contribution in [-0.2, 0) is 9.53 Å². The highest BCUT2D eigenvalue weighted by molar-refractivity contribution is 7.80. The van der Waals surface area contributed by atoms with E-state index in [-0.39, 0.29) is 23.7 Å². The first-order chi connectivity index (χ1) is 8.53. The van der Waals surface area contributed by atoms with E-state index in [9.17, 15) is 20.1 Å². The zero-order valence-corrected chi connectivity index (χ0v) is 12.9. The Bertz CT molecular complexity index is 275. The standard InChI is InChI=1S/C13H26O5S/c1-8(19)5-11(16)18-7-10(15)12(17)9(14)6-13(2,3)4/h8-10,12,14-15,17,19H,5-7H2,1-4H3/t8?,9?,10-,12+/m1/s1. The molecule has 4 atom stereocenters. The number of aliphatic hydroxyl groups is 3. The predicted molar refractivity (Wildman–Crippen MR) is 76.1 cm³/mol. The largest absolute Gasteiger partial charge is 0.463 e. The summed E-state index contributed by atoms with van der Waals surface area (Å²) in [6.07, 6.45) is -3.21. The maximum atomic E-state index is 11.3. The molecule has 0 saturated heterocycles. The van der Waals surface area contributed by atoms with E-state index in [0.717, 1.165) is 0 Å². The smallest absolute Gasteiger partial charge is 0.306 e. The van der Waals surface area contributed by atoms with Crippen LogP contribution >= 0.6 is 12.6 Å². The summed E-state index contributed by atoms with van der Waals surface area (Å²) in [5.74, 6) is -0.487. The minimum atomic E-state index is -1.33. The van der Waals surface area contributed by atoms with Crippen molar-refractivity contribution in [3.8, 4) is 0 Å². The van der Waals surface area contributed by atoms with Gasteiger partial charge >= 0.3 is 5.97 Å². The van der Waals surface area contributed by atoms with Crippen molar-refractivity contribution in [3.05, 3.63) is 0 Å². The normalized spacial score (nSPS) is 18.5. The van der Waals surface area contributed by atoms with E-state index in [4.69, 9.17) is 4.74 Å². The molecule has 3 N–H and O–H groups in total. The molecule has 0 aliphatic rings. The van der Waals surface area contributed by atoms with Gasteiger partial charge in [0.15, 0.2) is 0 Å². The summed E-state index contributed by atoms with van der Waals surface area (Å²) >= 11 is 4.05. The minimum absolute atomic E-state index is 0.124. The molecule has 6 heteroatoms. The van der Waals surface area contributed by atoms with Gasteiger partial charge in [-0.2, -0.15) is 12.6 Å². The first-order valence-electron chi connectivity index (χ1n) is 6.41. The second kappa shape index (κ2) is 8.09. The fraction of sp³-hybridized carbons (Fsp3) is 0.923. The van der Waals surface area contributed by atoms with E-state index >= 15 is 0 Å². The summed E-state index contributed by atoms with van der Waals surface area (Å²) < 4.78 is 4.81. The number of esters is 1. The van der Waals surface area contributed by atoms with Crippen molar-refractivity contribution in [3.63, 3.8) is 0 Å². The molecule has 2 unspecified atom stereocenters. The molecule has 0 aromatic carbocycles. The third-order valence-corrected chi connectivity index (χ3v) is 2.67. The second-order valence-electron chi connectivity index (χ2n) is 6.13. The third-order valence-electron chi connectivity index (χ3n) is 2.49. The van der Waals surface area contributed by atoms with Crippen LogP contribution in [-0.4, -0.2) is 51.5 Å². The van der Waals surface area contributed by atoms with E-state index in [1.54, 1.807) is 6.92 Å². The zero-order valence-electron chi connectivity index (χ0n) is 12.0.